The largest absolute Gasteiger partial charge is 0.469 e. The van der Waals surface area contributed by atoms with Gasteiger partial charge in [0.2, 0.25) is 0 Å². The summed E-state index contributed by atoms with van der Waals surface area (Å²) in [6.45, 7) is 0. The number of rotatable bonds is 3. The van der Waals surface area contributed by atoms with Crippen LogP contribution in [-0.2, 0) is 9.53 Å². The number of hydrogen-bond acceptors (Lipinski definition) is 3. The van der Waals surface area contributed by atoms with Crippen molar-refractivity contribution >= 4 is 5.97 Å². The second-order valence-electron chi connectivity index (χ2n) is 2.44. The van der Waals surface area contributed by atoms with Gasteiger partial charge in [-0.1, -0.05) is 0 Å². The molecule has 0 saturated heterocycles. The molecule has 0 aromatic carbocycles. The number of carbonyl (C=O) groups excluding carboxylic acids is 1. The summed E-state index contributed by atoms with van der Waals surface area (Å²) in [7, 11) is 1.30. The van der Waals surface area contributed by atoms with E-state index in [0.717, 1.165) is 0 Å². The maximum atomic E-state index is 10.7. The Kier molecular flexibility index (Phi) is 2.88. The quantitative estimate of drug-likeness (QED) is 0.652. The summed E-state index contributed by atoms with van der Waals surface area (Å²) in [5.74, 6) is -0.413. The number of hydrogen-bond donors (Lipinski definition) is 2. The lowest BCUT2D eigenvalue weighted by molar-refractivity contribution is -0.142. The summed E-state index contributed by atoms with van der Waals surface area (Å²) < 4.78 is 4.41. The van der Waals surface area contributed by atoms with Crippen molar-refractivity contribution < 1.29 is 14.6 Å². The number of nitrogens with one attached hydrogen (secondary N) is 1. The third-order valence-electron chi connectivity index (χ3n) is 1.59. The highest BCUT2D eigenvalue weighted by Gasteiger charge is 2.12. The fourth-order valence-corrected chi connectivity index (χ4v) is 0.903. The number of aromatic amines is 1. The van der Waals surface area contributed by atoms with Gasteiger partial charge in [0.1, 0.15) is 0 Å². The lowest BCUT2D eigenvalue weighted by atomic mass is 10.1. The van der Waals surface area contributed by atoms with Crippen molar-refractivity contribution in [3.63, 3.8) is 0 Å². The summed E-state index contributed by atoms with van der Waals surface area (Å²) in [6, 6.07) is 1.72. The van der Waals surface area contributed by atoms with Gasteiger partial charge in [-0.25, -0.2) is 0 Å². The highest BCUT2D eigenvalue weighted by atomic mass is 16.5. The van der Waals surface area contributed by atoms with Crippen LogP contribution in [0.2, 0.25) is 0 Å². The number of aliphatic hydroxyl groups excluding tert-OH is 1. The first-order valence-electron chi connectivity index (χ1n) is 3.61. The van der Waals surface area contributed by atoms with Crippen LogP contribution in [0.1, 0.15) is 18.1 Å². The summed E-state index contributed by atoms with van der Waals surface area (Å²) in [5.41, 5.74) is 0.695. The van der Waals surface area contributed by atoms with Crippen LogP contribution in [0, 0.1) is 0 Å². The van der Waals surface area contributed by atoms with Crippen LogP contribution < -0.4 is 0 Å². The Morgan fingerprint density at radius 2 is 2.58 bits per heavy atom. The van der Waals surface area contributed by atoms with E-state index in [9.17, 15) is 9.90 Å². The van der Waals surface area contributed by atoms with Crippen LogP contribution in [0.15, 0.2) is 18.5 Å². The van der Waals surface area contributed by atoms with Gasteiger partial charge in [0.25, 0.3) is 0 Å². The topological polar surface area (TPSA) is 62.3 Å². The normalized spacial score (nSPS) is 12.5. The maximum absolute atomic E-state index is 10.7. The van der Waals surface area contributed by atoms with Gasteiger partial charge in [0.05, 0.1) is 19.6 Å². The van der Waals surface area contributed by atoms with E-state index in [1.165, 1.54) is 7.11 Å². The van der Waals surface area contributed by atoms with E-state index in [-0.39, 0.29) is 6.42 Å². The molecule has 1 atom stereocenters. The fraction of sp³-hybridized carbons (Fsp3) is 0.375. The number of methoxy groups -OCH3 is 1. The molecular weight excluding hydrogens is 158 g/mol. The average molecular weight is 169 g/mol. The average Bonchev–Trinajstić information content (AvgIpc) is 2.56. The molecule has 1 heterocycles. The van der Waals surface area contributed by atoms with Crippen molar-refractivity contribution in [1.82, 2.24) is 4.98 Å². The SMILES string of the molecule is COC(=O)C[C@@H](O)c1cc[nH]c1. The molecule has 0 aliphatic carbocycles. The molecule has 1 aromatic rings. The summed E-state index contributed by atoms with van der Waals surface area (Å²) in [5, 5.41) is 9.39. The third-order valence-corrected chi connectivity index (χ3v) is 1.59. The molecule has 1 rings (SSSR count). The Bertz CT molecular complexity index is 243. The first-order valence-corrected chi connectivity index (χ1v) is 3.61. The molecule has 0 aliphatic rings. The second-order valence-corrected chi connectivity index (χ2v) is 2.44. The monoisotopic (exact) mass is 169 g/mol. The van der Waals surface area contributed by atoms with E-state index in [1.54, 1.807) is 18.5 Å². The molecule has 0 radical (unpaired) electrons. The van der Waals surface area contributed by atoms with Gasteiger partial charge in [-0.15, -0.1) is 0 Å². The molecule has 0 aliphatic heterocycles. The predicted octanol–water partition coefficient (Wildman–Crippen LogP) is 0.611. The van der Waals surface area contributed by atoms with Crippen LogP contribution in [0.4, 0.5) is 0 Å². The van der Waals surface area contributed by atoms with Gasteiger partial charge >= 0.3 is 5.97 Å². The van der Waals surface area contributed by atoms with Gasteiger partial charge in [-0.3, -0.25) is 4.79 Å². The molecule has 0 amide bonds. The highest BCUT2D eigenvalue weighted by molar-refractivity contribution is 5.69. The lowest BCUT2D eigenvalue weighted by Gasteiger charge is -2.05. The Morgan fingerprint density at radius 3 is 3.08 bits per heavy atom. The number of H-pyrrole nitrogens is 1. The smallest absolute Gasteiger partial charge is 0.308 e. The van der Waals surface area contributed by atoms with Gasteiger partial charge in [-0.2, -0.15) is 0 Å². The Morgan fingerprint density at radius 1 is 1.83 bits per heavy atom. The van der Waals surface area contributed by atoms with E-state index >= 15 is 0 Å². The predicted molar refractivity (Wildman–Crippen MR) is 42.4 cm³/mol. The summed E-state index contributed by atoms with van der Waals surface area (Å²) >= 11 is 0. The molecule has 0 spiro atoms. The molecule has 0 saturated carbocycles. The maximum Gasteiger partial charge on any atom is 0.308 e. The minimum atomic E-state index is -0.774. The molecule has 66 valence electrons. The first kappa shape index (κ1) is 8.80. The lowest BCUT2D eigenvalue weighted by Crippen LogP contribution is -2.07. The number of carbonyl (C=O) groups is 1. The Labute approximate surface area is 70.2 Å². The van der Waals surface area contributed by atoms with E-state index in [1.807, 2.05) is 0 Å². The van der Waals surface area contributed by atoms with Gasteiger partial charge in [-0.05, 0) is 11.6 Å². The molecule has 0 bridgehead atoms. The second kappa shape index (κ2) is 3.92. The van der Waals surface area contributed by atoms with Crippen molar-refractivity contribution in [3.05, 3.63) is 24.0 Å². The molecule has 12 heavy (non-hydrogen) atoms. The van der Waals surface area contributed by atoms with E-state index in [0.29, 0.717) is 5.56 Å². The van der Waals surface area contributed by atoms with E-state index in [4.69, 9.17) is 0 Å². The minimum absolute atomic E-state index is 0.00560. The molecule has 4 nitrogen and oxygen atoms in total. The number of ether oxygens (including phenoxy) is 1. The molecule has 4 heteroatoms. The molecule has 0 fully saturated rings. The van der Waals surface area contributed by atoms with Crippen LogP contribution >= 0.6 is 0 Å². The van der Waals surface area contributed by atoms with Crippen LogP contribution in [-0.4, -0.2) is 23.2 Å². The summed E-state index contributed by atoms with van der Waals surface area (Å²) in [4.78, 5) is 13.5. The van der Waals surface area contributed by atoms with Crippen molar-refractivity contribution in [2.24, 2.45) is 0 Å². The number of aliphatic hydroxyl groups is 1. The van der Waals surface area contributed by atoms with Gasteiger partial charge < -0.3 is 14.8 Å². The standard InChI is InChI=1S/C8H11NO3/c1-12-8(11)4-7(10)6-2-3-9-5-6/h2-3,5,7,9-10H,4H2,1H3/t7-/m1/s1. The Balaban J connectivity index is 2.49. The third kappa shape index (κ3) is 2.10. The van der Waals surface area contributed by atoms with Crippen LogP contribution in [0.3, 0.4) is 0 Å². The van der Waals surface area contributed by atoms with Crippen molar-refractivity contribution in [2.75, 3.05) is 7.11 Å². The molecule has 2 N–H and O–H groups in total. The van der Waals surface area contributed by atoms with Gasteiger partial charge in [0.15, 0.2) is 0 Å². The first-order chi connectivity index (χ1) is 5.74. The van der Waals surface area contributed by atoms with E-state index in [2.05, 4.69) is 9.72 Å². The minimum Gasteiger partial charge on any atom is -0.469 e. The highest BCUT2D eigenvalue weighted by Crippen LogP contribution is 2.15. The zero-order valence-electron chi connectivity index (χ0n) is 6.78. The molecular formula is C8H11NO3. The molecule has 0 unspecified atom stereocenters. The van der Waals surface area contributed by atoms with Crippen LogP contribution in [0.25, 0.3) is 0 Å². The van der Waals surface area contributed by atoms with Crippen LogP contribution in [0.5, 0.6) is 0 Å². The molecule has 1 aromatic heterocycles. The van der Waals surface area contributed by atoms with Crippen molar-refractivity contribution in [1.29, 1.82) is 0 Å². The number of aromatic nitrogens is 1. The van der Waals surface area contributed by atoms with Crippen molar-refractivity contribution in [2.45, 2.75) is 12.5 Å². The number of esters is 1. The Hall–Kier alpha value is -1.29. The zero-order valence-corrected chi connectivity index (χ0v) is 6.78. The zero-order chi connectivity index (χ0) is 8.97. The fourth-order valence-electron chi connectivity index (χ4n) is 0.903. The van der Waals surface area contributed by atoms with Crippen molar-refractivity contribution in [3.8, 4) is 0 Å². The summed E-state index contributed by atoms with van der Waals surface area (Å²) in [6.07, 6.45) is 2.56. The van der Waals surface area contributed by atoms with E-state index < -0.39 is 12.1 Å². The van der Waals surface area contributed by atoms with Gasteiger partial charge in [0, 0.05) is 12.4 Å².